The molecule has 3 nitrogen and oxygen atoms in total. The average molecular weight is 274 g/mol. The van der Waals surface area contributed by atoms with E-state index in [0.717, 1.165) is 18.8 Å². The standard InChI is InChI=1S/C12H16ClNO2S/c1-17(15,16)12-5-7-14(8-6-12)11-4-2-3-10(13)9-11/h2-4,9,12H,5-8H2,1H3. The average Bonchev–Trinajstić information content (AvgIpc) is 2.28. The van der Waals surface area contributed by atoms with Crippen molar-refractivity contribution >= 4 is 27.1 Å². The Balaban J connectivity index is 2.05. The lowest BCUT2D eigenvalue weighted by molar-refractivity contribution is 0.534. The molecule has 0 aromatic heterocycles. The summed E-state index contributed by atoms with van der Waals surface area (Å²) < 4.78 is 22.9. The van der Waals surface area contributed by atoms with Crippen LogP contribution in [0.3, 0.4) is 0 Å². The minimum atomic E-state index is -2.89. The molecular formula is C12H16ClNO2S. The minimum absolute atomic E-state index is 0.182. The van der Waals surface area contributed by atoms with Gasteiger partial charge in [-0.05, 0) is 31.0 Å². The SMILES string of the molecule is CS(=O)(=O)C1CCN(c2cccc(Cl)c2)CC1. The van der Waals surface area contributed by atoms with Gasteiger partial charge in [0.15, 0.2) is 0 Å². The first-order valence-corrected chi connectivity index (χ1v) is 7.99. The van der Waals surface area contributed by atoms with E-state index in [-0.39, 0.29) is 5.25 Å². The van der Waals surface area contributed by atoms with Crippen LogP contribution in [0.1, 0.15) is 12.8 Å². The first kappa shape index (κ1) is 12.7. The van der Waals surface area contributed by atoms with Crippen LogP contribution in [0.2, 0.25) is 5.02 Å². The van der Waals surface area contributed by atoms with E-state index in [4.69, 9.17) is 11.6 Å². The van der Waals surface area contributed by atoms with Gasteiger partial charge in [-0.1, -0.05) is 17.7 Å². The summed E-state index contributed by atoms with van der Waals surface area (Å²) in [5.74, 6) is 0. The number of halogens is 1. The Kier molecular flexibility index (Phi) is 3.64. The maximum Gasteiger partial charge on any atom is 0.150 e. The molecule has 1 aliphatic heterocycles. The molecule has 0 saturated carbocycles. The van der Waals surface area contributed by atoms with Crippen LogP contribution in [-0.4, -0.2) is 33.0 Å². The fourth-order valence-electron chi connectivity index (χ4n) is 2.21. The molecule has 1 aromatic rings. The Morgan fingerprint density at radius 2 is 1.94 bits per heavy atom. The number of benzene rings is 1. The van der Waals surface area contributed by atoms with Crippen LogP contribution in [0, 0.1) is 0 Å². The van der Waals surface area contributed by atoms with Crippen molar-refractivity contribution in [2.24, 2.45) is 0 Å². The van der Waals surface area contributed by atoms with E-state index in [1.165, 1.54) is 6.26 Å². The molecule has 1 saturated heterocycles. The molecule has 1 aliphatic rings. The van der Waals surface area contributed by atoms with Crippen LogP contribution in [0.4, 0.5) is 5.69 Å². The van der Waals surface area contributed by atoms with E-state index >= 15 is 0 Å². The molecule has 1 aromatic carbocycles. The molecule has 0 atom stereocenters. The maximum atomic E-state index is 11.4. The summed E-state index contributed by atoms with van der Waals surface area (Å²) in [5.41, 5.74) is 1.07. The number of rotatable bonds is 2. The number of hydrogen-bond donors (Lipinski definition) is 0. The molecule has 2 rings (SSSR count). The van der Waals surface area contributed by atoms with Gasteiger partial charge in [0.2, 0.25) is 0 Å². The number of hydrogen-bond acceptors (Lipinski definition) is 3. The van der Waals surface area contributed by atoms with Gasteiger partial charge in [-0.3, -0.25) is 0 Å². The molecule has 5 heteroatoms. The maximum absolute atomic E-state index is 11.4. The third kappa shape index (κ3) is 3.13. The predicted octanol–water partition coefficient (Wildman–Crippen LogP) is 2.35. The number of anilines is 1. The minimum Gasteiger partial charge on any atom is -0.371 e. The molecule has 17 heavy (non-hydrogen) atoms. The second kappa shape index (κ2) is 4.86. The van der Waals surface area contributed by atoms with E-state index < -0.39 is 9.84 Å². The molecular weight excluding hydrogens is 258 g/mol. The Hall–Kier alpha value is -0.740. The highest BCUT2D eigenvalue weighted by Crippen LogP contribution is 2.25. The van der Waals surface area contributed by atoms with Crippen LogP contribution >= 0.6 is 11.6 Å². The summed E-state index contributed by atoms with van der Waals surface area (Å²) >= 11 is 5.94. The predicted molar refractivity (Wildman–Crippen MR) is 71.5 cm³/mol. The molecule has 0 unspecified atom stereocenters. The second-order valence-electron chi connectivity index (χ2n) is 4.50. The number of sulfone groups is 1. The van der Waals surface area contributed by atoms with E-state index in [1.54, 1.807) is 0 Å². The van der Waals surface area contributed by atoms with Crippen LogP contribution in [0.25, 0.3) is 0 Å². The van der Waals surface area contributed by atoms with Crippen LogP contribution in [0.5, 0.6) is 0 Å². The lowest BCUT2D eigenvalue weighted by Crippen LogP contribution is -2.38. The molecule has 0 amide bonds. The van der Waals surface area contributed by atoms with Crippen molar-refractivity contribution < 1.29 is 8.42 Å². The zero-order valence-corrected chi connectivity index (χ0v) is 11.3. The van der Waals surface area contributed by atoms with Crippen molar-refractivity contribution in [2.75, 3.05) is 24.2 Å². The summed E-state index contributed by atoms with van der Waals surface area (Å²) in [6, 6.07) is 7.68. The molecule has 1 fully saturated rings. The third-order valence-electron chi connectivity index (χ3n) is 3.22. The van der Waals surface area contributed by atoms with Crippen molar-refractivity contribution in [3.63, 3.8) is 0 Å². The highest BCUT2D eigenvalue weighted by Gasteiger charge is 2.26. The normalized spacial score (nSPS) is 18.4. The van der Waals surface area contributed by atoms with Gasteiger partial charge in [-0.15, -0.1) is 0 Å². The van der Waals surface area contributed by atoms with Gasteiger partial charge in [0.1, 0.15) is 9.84 Å². The molecule has 0 aliphatic carbocycles. The van der Waals surface area contributed by atoms with Gasteiger partial charge in [0, 0.05) is 30.1 Å². The smallest absolute Gasteiger partial charge is 0.150 e. The molecule has 0 N–H and O–H groups in total. The van der Waals surface area contributed by atoms with Gasteiger partial charge in [0.05, 0.1) is 5.25 Å². The first-order valence-electron chi connectivity index (χ1n) is 5.66. The topological polar surface area (TPSA) is 37.4 Å². The first-order chi connectivity index (χ1) is 7.97. The van der Waals surface area contributed by atoms with Crippen molar-refractivity contribution in [1.82, 2.24) is 0 Å². The summed E-state index contributed by atoms with van der Waals surface area (Å²) in [7, 11) is -2.89. The van der Waals surface area contributed by atoms with E-state index in [0.29, 0.717) is 17.9 Å². The Labute approximate surface area is 107 Å². The van der Waals surface area contributed by atoms with E-state index in [9.17, 15) is 8.42 Å². The van der Waals surface area contributed by atoms with Crippen LogP contribution in [0.15, 0.2) is 24.3 Å². The van der Waals surface area contributed by atoms with Crippen molar-refractivity contribution in [3.05, 3.63) is 29.3 Å². The lowest BCUT2D eigenvalue weighted by Gasteiger charge is -2.32. The molecule has 94 valence electrons. The summed E-state index contributed by atoms with van der Waals surface area (Å²) in [4.78, 5) is 2.19. The van der Waals surface area contributed by atoms with Crippen LogP contribution in [-0.2, 0) is 9.84 Å². The molecule has 0 spiro atoms. The van der Waals surface area contributed by atoms with Gasteiger partial charge in [-0.2, -0.15) is 0 Å². The second-order valence-corrected chi connectivity index (χ2v) is 7.26. The number of piperidine rings is 1. The lowest BCUT2D eigenvalue weighted by atomic mass is 10.1. The van der Waals surface area contributed by atoms with E-state index in [2.05, 4.69) is 4.90 Å². The van der Waals surface area contributed by atoms with Gasteiger partial charge in [-0.25, -0.2) is 8.42 Å². The van der Waals surface area contributed by atoms with Gasteiger partial charge < -0.3 is 4.90 Å². The molecule has 1 heterocycles. The monoisotopic (exact) mass is 273 g/mol. The highest BCUT2D eigenvalue weighted by atomic mass is 35.5. The van der Waals surface area contributed by atoms with Gasteiger partial charge >= 0.3 is 0 Å². The quantitative estimate of drug-likeness (QED) is 0.830. The zero-order valence-electron chi connectivity index (χ0n) is 9.77. The van der Waals surface area contributed by atoms with Crippen LogP contribution < -0.4 is 4.90 Å². The molecule has 0 radical (unpaired) electrons. The van der Waals surface area contributed by atoms with E-state index in [1.807, 2.05) is 24.3 Å². The van der Waals surface area contributed by atoms with Gasteiger partial charge in [0.25, 0.3) is 0 Å². The van der Waals surface area contributed by atoms with Crippen molar-refractivity contribution in [1.29, 1.82) is 0 Å². The Bertz CT molecular complexity index is 493. The zero-order chi connectivity index (χ0) is 12.5. The van der Waals surface area contributed by atoms with Crippen molar-refractivity contribution in [2.45, 2.75) is 18.1 Å². The summed E-state index contributed by atoms with van der Waals surface area (Å²) in [6.07, 6.45) is 2.73. The Morgan fingerprint density at radius 3 is 2.47 bits per heavy atom. The molecule has 0 bridgehead atoms. The highest BCUT2D eigenvalue weighted by molar-refractivity contribution is 7.91. The third-order valence-corrected chi connectivity index (χ3v) is 5.14. The Morgan fingerprint density at radius 1 is 1.29 bits per heavy atom. The van der Waals surface area contributed by atoms with Crippen molar-refractivity contribution in [3.8, 4) is 0 Å². The number of nitrogens with zero attached hydrogens (tertiary/aromatic N) is 1. The summed E-state index contributed by atoms with van der Waals surface area (Å²) in [5, 5.41) is 0.533. The summed E-state index contributed by atoms with van der Waals surface area (Å²) in [6.45, 7) is 1.55. The fourth-order valence-corrected chi connectivity index (χ4v) is 3.47. The largest absolute Gasteiger partial charge is 0.371 e. The fraction of sp³-hybridized carbons (Fsp3) is 0.500.